The minimum Gasteiger partial charge on any atom is -0.335 e. The highest BCUT2D eigenvalue weighted by molar-refractivity contribution is 5.55. The summed E-state index contributed by atoms with van der Waals surface area (Å²) in [7, 11) is 0. The number of rotatable bonds is 3. The van der Waals surface area contributed by atoms with E-state index in [1.807, 2.05) is 0 Å². The maximum atomic E-state index is 12.1. The van der Waals surface area contributed by atoms with Crippen molar-refractivity contribution in [1.82, 2.24) is 5.32 Å². The van der Waals surface area contributed by atoms with Gasteiger partial charge in [-0.25, -0.2) is 0 Å². The van der Waals surface area contributed by atoms with Crippen LogP contribution in [0.5, 0.6) is 0 Å². The molecule has 0 heterocycles. The number of alkyl halides is 3. The summed E-state index contributed by atoms with van der Waals surface area (Å²) < 4.78 is 36.4. The summed E-state index contributed by atoms with van der Waals surface area (Å²) in [6, 6.07) is 4.62. The number of halogens is 3. The normalized spacial score (nSPS) is 11.7. The average molecular weight is 215 g/mol. The lowest BCUT2D eigenvalue weighted by Crippen LogP contribution is -2.04. The van der Waals surface area contributed by atoms with Crippen LogP contribution in [-0.4, -0.2) is 6.41 Å². The standard InChI is InChI=1S/C10H8F3NO/c11-10(12,13)9-3-1-8(2-4-9)5-6-14-7-15/h1-7H,(H,14,15)/b6-5+. The predicted molar refractivity (Wildman–Crippen MR) is 49.7 cm³/mol. The first kappa shape index (κ1) is 11.3. The third-order valence-electron chi connectivity index (χ3n) is 1.68. The van der Waals surface area contributed by atoms with Crippen LogP contribution in [0.25, 0.3) is 6.08 Å². The number of amides is 1. The third-order valence-corrected chi connectivity index (χ3v) is 1.68. The molecule has 0 fully saturated rings. The highest BCUT2D eigenvalue weighted by atomic mass is 19.4. The van der Waals surface area contributed by atoms with Gasteiger partial charge in [0, 0.05) is 6.20 Å². The molecule has 0 aliphatic carbocycles. The molecule has 0 saturated carbocycles. The number of hydrogen-bond donors (Lipinski definition) is 1. The van der Waals surface area contributed by atoms with E-state index in [0.717, 1.165) is 12.1 Å². The lowest BCUT2D eigenvalue weighted by atomic mass is 10.1. The Morgan fingerprint density at radius 2 is 1.73 bits per heavy atom. The van der Waals surface area contributed by atoms with Crippen LogP contribution >= 0.6 is 0 Å². The zero-order valence-electron chi connectivity index (χ0n) is 7.58. The summed E-state index contributed by atoms with van der Waals surface area (Å²) in [4.78, 5) is 9.87. The van der Waals surface area contributed by atoms with Crippen molar-refractivity contribution in [3.63, 3.8) is 0 Å². The highest BCUT2D eigenvalue weighted by Gasteiger charge is 2.29. The highest BCUT2D eigenvalue weighted by Crippen LogP contribution is 2.29. The van der Waals surface area contributed by atoms with Crippen molar-refractivity contribution in [2.45, 2.75) is 6.18 Å². The van der Waals surface area contributed by atoms with Crippen molar-refractivity contribution < 1.29 is 18.0 Å². The van der Waals surface area contributed by atoms with Gasteiger partial charge in [-0.1, -0.05) is 12.1 Å². The van der Waals surface area contributed by atoms with Gasteiger partial charge < -0.3 is 5.32 Å². The van der Waals surface area contributed by atoms with Crippen molar-refractivity contribution in [3.05, 3.63) is 41.6 Å². The Morgan fingerprint density at radius 1 is 1.13 bits per heavy atom. The van der Waals surface area contributed by atoms with Gasteiger partial charge in [0.25, 0.3) is 0 Å². The Bertz CT molecular complexity index is 354. The number of benzene rings is 1. The molecule has 0 aliphatic rings. The minimum absolute atomic E-state index is 0.473. The number of hydrogen-bond acceptors (Lipinski definition) is 1. The monoisotopic (exact) mass is 215 g/mol. The molecule has 0 aliphatic heterocycles. The smallest absolute Gasteiger partial charge is 0.335 e. The fraction of sp³-hybridized carbons (Fsp3) is 0.100. The first-order valence-electron chi connectivity index (χ1n) is 4.07. The first-order chi connectivity index (χ1) is 7.04. The van der Waals surface area contributed by atoms with Gasteiger partial charge in [0.05, 0.1) is 5.56 Å². The first-order valence-corrected chi connectivity index (χ1v) is 4.07. The van der Waals surface area contributed by atoms with Crippen LogP contribution in [0.3, 0.4) is 0 Å². The van der Waals surface area contributed by atoms with Crippen molar-refractivity contribution in [3.8, 4) is 0 Å². The molecule has 0 radical (unpaired) electrons. The average Bonchev–Trinajstić information content (AvgIpc) is 2.18. The van der Waals surface area contributed by atoms with E-state index < -0.39 is 11.7 Å². The van der Waals surface area contributed by atoms with Crippen LogP contribution in [-0.2, 0) is 11.0 Å². The number of nitrogens with one attached hydrogen (secondary N) is 1. The van der Waals surface area contributed by atoms with E-state index in [1.54, 1.807) is 0 Å². The molecule has 1 amide bonds. The molecule has 80 valence electrons. The lowest BCUT2D eigenvalue weighted by Gasteiger charge is -2.05. The molecular formula is C10H8F3NO. The second kappa shape index (κ2) is 4.63. The lowest BCUT2D eigenvalue weighted by molar-refractivity contribution is -0.137. The fourth-order valence-corrected chi connectivity index (χ4v) is 0.967. The van der Waals surface area contributed by atoms with E-state index in [2.05, 4.69) is 5.32 Å². The summed E-state index contributed by atoms with van der Waals surface area (Å²) in [6.45, 7) is 0. The molecule has 1 rings (SSSR count). The topological polar surface area (TPSA) is 29.1 Å². The largest absolute Gasteiger partial charge is 0.416 e. The fourth-order valence-electron chi connectivity index (χ4n) is 0.967. The molecule has 5 heteroatoms. The second-order valence-electron chi connectivity index (χ2n) is 2.74. The minimum atomic E-state index is -4.32. The summed E-state index contributed by atoms with van der Waals surface area (Å²) in [5, 5.41) is 2.26. The molecular weight excluding hydrogens is 207 g/mol. The van der Waals surface area contributed by atoms with Crippen LogP contribution in [0, 0.1) is 0 Å². The van der Waals surface area contributed by atoms with Crippen LogP contribution < -0.4 is 5.32 Å². The molecule has 0 bridgehead atoms. The van der Waals surface area contributed by atoms with Crippen LogP contribution in [0.2, 0.25) is 0 Å². The van der Waals surface area contributed by atoms with Crippen LogP contribution in [0.4, 0.5) is 13.2 Å². The van der Waals surface area contributed by atoms with Crippen molar-refractivity contribution in [2.75, 3.05) is 0 Å². The molecule has 0 aromatic heterocycles. The van der Waals surface area contributed by atoms with Gasteiger partial charge in [0.15, 0.2) is 0 Å². The van der Waals surface area contributed by atoms with Crippen molar-refractivity contribution >= 4 is 12.5 Å². The molecule has 0 atom stereocenters. The van der Waals surface area contributed by atoms with Gasteiger partial charge in [-0.3, -0.25) is 4.79 Å². The molecule has 1 aromatic rings. The van der Waals surface area contributed by atoms with Gasteiger partial charge in [0.2, 0.25) is 6.41 Å². The van der Waals surface area contributed by atoms with Gasteiger partial charge in [-0.2, -0.15) is 13.2 Å². The van der Waals surface area contributed by atoms with Crippen molar-refractivity contribution in [1.29, 1.82) is 0 Å². The van der Waals surface area contributed by atoms with E-state index >= 15 is 0 Å². The molecule has 2 nitrogen and oxygen atoms in total. The Balaban J connectivity index is 2.77. The Labute approximate surface area is 84.4 Å². The summed E-state index contributed by atoms with van der Waals surface area (Å²) in [5.41, 5.74) is -0.111. The van der Waals surface area contributed by atoms with Crippen LogP contribution in [0.1, 0.15) is 11.1 Å². The van der Waals surface area contributed by atoms with E-state index in [4.69, 9.17) is 0 Å². The SMILES string of the molecule is O=CN/C=C/c1ccc(C(F)(F)F)cc1. The van der Waals surface area contributed by atoms with E-state index in [0.29, 0.717) is 12.0 Å². The quantitative estimate of drug-likeness (QED) is 0.771. The maximum absolute atomic E-state index is 12.1. The molecule has 15 heavy (non-hydrogen) atoms. The predicted octanol–water partition coefficient (Wildman–Crippen LogP) is 2.42. The number of carbonyl (C=O) groups is 1. The van der Waals surface area contributed by atoms with E-state index in [9.17, 15) is 18.0 Å². The molecule has 1 aromatic carbocycles. The Morgan fingerprint density at radius 3 is 2.20 bits per heavy atom. The van der Waals surface area contributed by atoms with Gasteiger partial charge in [0.1, 0.15) is 0 Å². The van der Waals surface area contributed by atoms with Gasteiger partial charge in [-0.15, -0.1) is 0 Å². The Hall–Kier alpha value is -1.78. The number of carbonyl (C=O) groups excluding carboxylic acids is 1. The second-order valence-corrected chi connectivity index (χ2v) is 2.74. The van der Waals surface area contributed by atoms with Crippen molar-refractivity contribution in [2.24, 2.45) is 0 Å². The van der Waals surface area contributed by atoms with Gasteiger partial charge in [-0.05, 0) is 23.8 Å². The van der Waals surface area contributed by atoms with E-state index in [1.165, 1.54) is 24.4 Å². The van der Waals surface area contributed by atoms with E-state index in [-0.39, 0.29) is 0 Å². The summed E-state index contributed by atoms with van der Waals surface area (Å²) >= 11 is 0. The Kier molecular flexibility index (Phi) is 3.49. The molecule has 0 unspecified atom stereocenters. The zero-order valence-corrected chi connectivity index (χ0v) is 7.58. The molecule has 0 spiro atoms. The summed E-state index contributed by atoms with van der Waals surface area (Å²) in [5.74, 6) is 0. The van der Waals surface area contributed by atoms with Crippen LogP contribution in [0.15, 0.2) is 30.5 Å². The molecule has 0 saturated heterocycles. The van der Waals surface area contributed by atoms with Gasteiger partial charge >= 0.3 is 6.18 Å². The maximum Gasteiger partial charge on any atom is 0.416 e. The molecule has 1 N–H and O–H groups in total. The summed E-state index contributed by atoms with van der Waals surface area (Å²) in [6.07, 6.45) is -1.01. The third kappa shape index (κ3) is 3.46. The zero-order chi connectivity index (χ0) is 11.3.